The van der Waals surface area contributed by atoms with Gasteiger partial charge in [0, 0.05) is 51.2 Å². The molecule has 0 radical (unpaired) electrons. The van der Waals surface area contributed by atoms with Gasteiger partial charge in [-0.25, -0.2) is 0 Å². The zero-order valence-corrected chi connectivity index (χ0v) is 14.1. The molecule has 2 heterocycles. The number of likely N-dealkylation sites (tertiary alicyclic amines) is 1. The van der Waals surface area contributed by atoms with Crippen LogP contribution in [0.3, 0.4) is 0 Å². The Morgan fingerprint density at radius 1 is 1.00 bits per heavy atom. The number of amides is 2. The van der Waals surface area contributed by atoms with E-state index in [1.165, 1.54) is 6.42 Å². The third-order valence-electron chi connectivity index (χ3n) is 5.57. The maximum atomic E-state index is 12.3. The van der Waals surface area contributed by atoms with Crippen molar-refractivity contribution in [1.82, 2.24) is 20.4 Å². The Morgan fingerprint density at radius 3 is 2.48 bits per heavy atom. The predicted molar refractivity (Wildman–Crippen MR) is 89.0 cm³/mol. The maximum Gasteiger partial charge on any atom is 0.242 e. The van der Waals surface area contributed by atoms with Crippen molar-refractivity contribution in [3.63, 3.8) is 0 Å². The molecule has 130 valence electrons. The van der Waals surface area contributed by atoms with Crippen molar-refractivity contribution in [1.29, 1.82) is 0 Å². The summed E-state index contributed by atoms with van der Waals surface area (Å²) in [6.07, 6.45) is 6.55. The first-order chi connectivity index (χ1) is 11.2. The lowest BCUT2D eigenvalue weighted by molar-refractivity contribution is -0.133. The Bertz CT molecular complexity index is 417. The van der Waals surface area contributed by atoms with Crippen molar-refractivity contribution in [3.8, 4) is 0 Å². The largest absolute Gasteiger partial charge is 0.347 e. The molecule has 3 rings (SSSR count). The third-order valence-corrected chi connectivity index (χ3v) is 5.57. The number of carbonyl (C=O) groups excluding carboxylic acids is 2. The van der Waals surface area contributed by atoms with Crippen molar-refractivity contribution in [2.45, 2.75) is 44.6 Å². The molecular formula is C17H30N4O2. The third kappa shape index (κ3) is 4.44. The highest BCUT2D eigenvalue weighted by Crippen LogP contribution is 2.23. The van der Waals surface area contributed by atoms with E-state index >= 15 is 0 Å². The van der Waals surface area contributed by atoms with E-state index < -0.39 is 0 Å². The van der Waals surface area contributed by atoms with Crippen LogP contribution in [0.2, 0.25) is 0 Å². The smallest absolute Gasteiger partial charge is 0.242 e. The molecule has 2 saturated heterocycles. The van der Waals surface area contributed by atoms with Gasteiger partial charge in [-0.15, -0.1) is 0 Å². The summed E-state index contributed by atoms with van der Waals surface area (Å²) in [6, 6.07) is 0.495. The number of nitrogens with one attached hydrogen (secondary N) is 2. The summed E-state index contributed by atoms with van der Waals surface area (Å²) >= 11 is 0. The molecular weight excluding hydrogens is 292 g/mol. The lowest BCUT2D eigenvalue weighted by Crippen LogP contribution is -2.49. The summed E-state index contributed by atoms with van der Waals surface area (Å²) in [4.78, 5) is 28.9. The second kappa shape index (κ2) is 8.11. The lowest BCUT2D eigenvalue weighted by atomic mass is 9.89. The Morgan fingerprint density at radius 2 is 1.74 bits per heavy atom. The number of hydrogen-bond donors (Lipinski definition) is 2. The average molecular weight is 322 g/mol. The van der Waals surface area contributed by atoms with Gasteiger partial charge >= 0.3 is 0 Å². The highest BCUT2D eigenvalue weighted by atomic mass is 16.2. The molecule has 3 fully saturated rings. The van der Waals surface area contributed by atoms with Crippen LogP contribution in [0.5, 0.6) is 0 Å². The normalized spacial score (nSPS) is 27.1. The first kappa shape index (κ1) is 16.7. The number of carbonyl (C=O) groups is 2. The molecule has 1 unspecified atom stereocenters. The van der Waals surface area contributed by atoms with Crippen LogP contribution in [-0.2, 0) is 9.59 Å². The SMILES string of the molecule is O=C(NCC(=O)N1CCC(N2CCNCC2)C1)C1CCCCC1. The molecule has 2 N–H and O–H groups in total. The van der Waals surface area contributed by atoms with Gasteiger partial charge in [-0.05, 0) is 19.3 Å². The molecule has 0 aromatic carbocycles. The number of nitrogens with zero attached hydrogens (tertiary/aromatic N) is 2. The summed E-state index contributed by atoms with van der Waals surface area (Å²) in [5.41, 5.74) is 0. The van der Waals surface area contributed by atoms with E-state index in [9.17, 15) is 9.59 Å². The first-order valence-corrected chi connectivity index (χ1v) is 9.24. The fraction of sp³-hybridized carbons (Fsp3) is 0.882. The van der Waals surface area contributed by atoms with Gasteiger partial charge in [0.2, 0.25) is 11.8 Å². The second-order valence-electron chi connectivity index (χ2n) is 7.12. The highest BCUT2D eigenvalue weighted by molar-refractivity contribution is 5.86. The van der Waals surface area contributed by atoms with E-state index in [0.717, 1.165) is 71.4 Å². The summed E-state index contributed by atoms with van der Waals surface area (Å²) in [7, 11) is 0. The van der Waals surface area contributed by atoms with Gasteiger partial charge in [-0.1, -0.05) is 19.3 Å². The van der Waals surface area contributed by atoms with E-state index in [1.807, 2.05) is 4.90 Å². The number of rotatable bonds is 4. The monoisotopic (exact) mass is 322 g/mol. The summed E-state index contributed by atoms with van der Waals surface area (Å²) in [5, 5.41) is 6.24. The van der Waals surface area contributed by atoms with Crippen molar-refractivity contribution < 1.29 is 9.59 Å². The highest BCUT2D eigenvalue weighted by Gasteiger charge is 2.31. The predicted octanol–water partition coefficient (Wildman–Crippen LogP) is 0.189. The maximum absolute atomic E-state index is 12.3. The summed E-state index contributed by atoms with van der Waals surface area (Å²) in [6.45, 7) is 6.05. The average Bonchev–Trinajstić information content (AvgIpc) is 3.11. The molecule has 3 aliphatic rings. The van der Waals surface area contributed by atoms with Crippen LogP contribution >= 0.6 is 0 Å². The molecule has 0 aromatic heterocycles. The molecule has 6 heteroatoms. The minimum Gasteiger partial charge on any atom is -0.347 e. The van der Waals surface area contributed by atoms with E-state index in [4.69, 9.17) is 0 Å². The zero-order chi connectivity index (χ0) is 16.1. The van der Waals surface area contributed by atoms with Crippen LogP contribution in [0.1, 0.15) is 38.5 Å². The van der Waals surface area contributed by atoms with E-state index in [1.54, 1.807) is 0 Å². The fourth-order valence-electron chi connectivity index (χ4n) is 4.10. The van der Waals surface area contributed by atoms with Gasteiger partial charge in [0.05, 0.1) is 6.54 Å². The molecule has 2 aliphatic heterocycles. The first-order valence-electron chi connectivity index (χ1n) is 9.24. The molecule has 6 nitrogen and oxygen atoms in total. The van der Waals surface area contributed by atoms with Crippen LogP contribution in [0.15, 0.2) is 0 Å². The summed E-state index contributed by atoms with van der Waals surface area (Å²) in [5.74, 6) is 0.284. The Kier molecular flexibility index (Phi) is 5.89. The number of hydrogen-bond acceptors (Lipinski definition) is 4. The van der Waals surface area contributed by atoms with Gasteiger partial charge in [0.1, 0.15) is 0 Å². The van der Waals surface area contributed by atoms with Crippen molar-refractivity contribution in [2.75, 3.05) is 45.8 Å². The minimum atomic E-state index is 0.0757. The molecule has 1 atom stereocenters. The molecule has 0 bridgehead atoms. The Labute approximate surface area is 139 Å². The second-order valence-corrected chi connectivity index (χ2v) is 7.12. The molecule has 1 saturated carbocycles. The van der Waals surface area contributed by atoms with Crippen molar-refractivity contribution >= 4 is 11.8 Å². The molecule has 0 spiro atoms. The topological polar surface area (TPSA) is 64.7 Å². The van der Waals surface area contributed by atoms with E-state index in [0.29, 0.717) is 6.04 Å². The van der Waals surface area contributed by atoms with Gasteiger partial charge in [-0.2, -0.15) is 0 Å². The molecule has 2 amide bonds. The van der Waals surface area contributed by atoms with Crippen molar-refractivity contribution in [2.24, 2.45) is 5.92 Å². The van der Waals surface area contributed by atoms with E-state index in [-0.39, 0.29) is 24.3 Å². The molecule has 23 heavy (non-hydrogen) atoms. The van der Waals surface area contributed by atoms with Crippen LogP contribution in [0, 0.1) is 5.92 Å². The van der Waals surface area contributed by atoms with Crippen LogP contribution in [0.4, 0.5) is 0 Å². The van der Waals surface area contributed by atoms with Gasteiger partial charge < -0.3 is 15.5 Å². The van der Waals surface area contributed by atoms with Crippen molar-refractivity contribution in [3.05, 3.63) is 0 Å². The minimum absolute atomic E-state index is 0.0757. The van der Waals surface area contributed by atoms with E-state index in [2.05, 4.69) is 15.5 Å². The van der Waals surface area contributed by atoms with Crippen LogP contribution in [-0.4, -0.2) is 73.5 Å². The molecule has 0 aromatic rings. The Hall–Kier alpha value is -1.14. The zero-order valence-electron chi connectivity index (χ0n) is 14.1. The van der Waals surface area contributed by atoms with Gasteiger partial charge in [-0.3, -0.25) is 14.5 Å². The lowest BCUT2D eigenvalue weighted by Gasteiger charge is -2.32. The quantitative estimate of drug-likeness (QED) is 0.775. The van der Waals surface area contributed by atoms with Gasteiger partial charge in [0.25, 0.3) is 0 Å². The van der Waals surface area contributed by atoms with Gasteiger partial charge in [0.15, 0.2) is 0 Å². The number of piperazine rings is 1. The summed E-state index contributed by atoms with van der Waals surface area (Å²) < 4.78 is 0. The van der Waals surface area contributed by atoms with Crippen LogP contribution in [0.25, 0.3) is 0 Å². The fourth-order valence-corrected chi connectivity index (χ4v) is 4.10. The molecule has 1 aliphatic carbocycles. The van der Waals surface area contributed by atoms with Crippen LogP contribution < -0.4 is 10.6 Å². The Balaban J connectivity index is 1.39. The standard InChI is InChI=1S/C17H30N4O2/c22-16(12-19-17(23)14-4-2-1-3-5-14)21-9-6-15(13-21)20-10-7-18-8-11-20/h14-15,18H,1-13H2,(H,19,23).